The van der Waals surface area contributed by atoms with Crippen LogP contribution in [0.3, 0.4) is 0 Å². The van der Waals surface area contributed by atoms with Crippen molar-refractivity contribution in [2.75, 3.05) is 0 Å². The van der Waals surface area contributed by atoms with Crippen molar-refractivity contribution >= 4 is 37.6 Å². The summed E-state index contributed by atoms with van der Waals surface area (Å²) in [6.45, 7) is 1.53. The second-order valence-electron chi connectivity index (χ2n) is 3.17. The molecule has 0 aliphatic carbocycles. The van der Waals surface area contributed by atoms with Crippen LogP contribution in [0.2, 0.25) is 0 Å². The van der Waals surface area contributed by atoms with Crippen molar-refractivity contribution in [3.8, 4) is 5.75 Å². The number of carbonyl (C=O) groups excluding carboxylic acids is 1. The van der Waals surface area contributed by atoms with E-state index in [-0.39, 0.29) is 5.56 Å². The third-order valence-corrected chi connectivity index (χ3v) is 2.71. The van der Waals surface area contributed by atoms with Gasteiger partial charge in [-0.25, -0.2) is 0 Å². The van der Waals surface area contributed by atoms with Gasteiger partial charge in [-0.15, -0.1) is 13.2 Å². The SMILES string of the molecule is CC(Br)C(=O)c1ccc(Br)cc1OC(F)(F)F. The topological polar surface area (TPSA) is 26.3 Å². The molecule has 0 saturated carbocycles. The summed E-state index contributed by atoms with van der Waals surface area (Å²) in [4.78, 5) is 11.1. The van der Waals surface area contributed by atoms with Gasteiger partial charge in [-0.2, -0.15) is 0 Å². The highest BCUT2D eigenvalue weighted by Gasteiger charge is 2.33. The molecule has 7 heteroatoms. The third kappa shape index (κ3) is 4.31. The quantitative estimate of drug-likeness (QED) is 0.581. The maximum absolute atomic E-state index is 12.2. The third-order valence-electron chi connectivity index (χ3n) is 1.80. The summed E-state index contributed by atoms with van der Waals surface area (Å²) in [6, 6.07) is 3.87. The highest BCUT2D eigenvalue weighted by molar-refractivity contribution is 9.10. The van der Waals surface area contributed by atoms with Crippen molar-refractivity contribution in [3.05, 3.63) is 28.2 Å². The summed E-state index contributed by atoms with van der Waals surface area (Å²) in [5.41, 5.74) is -0.116. The zero-order valence-electron chi connectivity index (χ0n) is 8.52. The first-order valence-corrected chi connectivity index (χ1v) is 6.15. The van der Waals surface area contributed by atoms with Gasteiger partial charge in [-0.1, -0.05) is 31.9 Å². The van der Waals surface area contributed by atoms with Gasteiger partial charge >= 0.3 is 6.36 Å². The van der Waals surface area contributed by atoms with Crippen molar-refractivity contribution in [2.24, 2.45) is 0 Å². The zero-order valence-corrected chi connectivity index (χ0v) is 11.7. The van der Waals surface area contributed by atoms with E-state index < -0.39 is 22.7 Å². The van der Waals surface area contributed by atoms with E-state index in [0.29, 0.717) is 4.47 Å². The van der Waals surface area contributed by atoms with E-state index in [9.17, 15) is 18.0 Å². The number of carbonyl (C=O) groups is 1. The fourth-order valence-corrected chi connectivity index (χ4v) is 1.71. The Morgan fingerprint density at radius 1 is 1.41 bits per heavy atom. The summed E-state index contributed by atoms with van der Waals surface area (Å²) in [5, 5.41) is 0. The average molecular weight is 376 g/mol. The lowest BCUT2D eigenvalue weighted by atomic mass is 10.1. The largest absolute Gasteiger partial charge is 0.573 e. The monoisotopic (exact) mass is 374 g/mol. The van der Waals surface area contributed by atoms with Crippen LogP contribution in [-0.4, -0.2) is 17.0 Å². The lowest BCUT2D eigenvalue weighted by molar-refractivity contribution is -0.274. The first kappa shape index (κ1) is 14.5. The van der Waals surface area contributed by atoms with E-state index in [1.54, 1.807) is 0 Å². The summed E-state index contributed by atoms with van der Waals surface area (Å²) in [6.07, 6.45) is -4.83. The van der Waals surface area contributed by atoms with Gasteiger partial charge in [-0.3, -0.25) is 4.79 Å². The average Bonchev–Trinajstić information content (AvgIpc) is 2.14. The molecule has 0 aromatic heterocycles. The molecule has 1 unspecified atom stereocenters. The molecule has 0 N–H and O–H groups in total. The van der Waals surface area contributed by atoms with Crippen molar-refractivity contribution in [2.45, 2.75) is 18.1 Å². The Kier molecular flexibility index (Phi) is 4.60. The van der Waals surface area contributed by atoms with Gasteiger partial charge in [0.25, 0.3) is 0 Å². The molecule has 0 spiro atoms. The van der Waals surface area contributed by atoms with Crippen molar-refractivity contribution in [1.82, 2.24) is 0 Å². The Hall–Kier alpha value is -0.560. The molecule has 1 aromatic rings. The van der Waals surface area contributed by atoms with Crippen molar-refractivity contribution < 1.29 is 22.7 Å². The van der Waals surface area contributed by atoms with Crippen LogP contribution in [0.25, 0.3) is 0 Å². The first-order chi connectivity index (χ1) is 7.70. The van der Waals surface area contributed by atoms with Crippen molar-refractivity contribution in [3.63, 3.8) is 0 Å². The zero-order chi connectivity index (χ0) is 13.2. The second-order valence-corrected chi connectivity index (χ2v) is 5.46. The van der Waals surface area contributed by atoms with Crippen LogP contribution in [0, 0.1) is 0 Å². The molecule has 0 aliphatic rings. The van der Waals surface area contributed by atoms with Crippen LogP contribution < -0.4 is 4.74 Å². The molecule has 0 heterocycles. The Labute approximate surface area is 112 Å². The smallest absolute Gasteiger partial charge is 0.405 e. The molecule has 1 atom stereocenters. The Bertz CT molecular complexity index is 430. The molecule has 0 fully saturated rings. The molecule has 2 nitrogen and oxygen atoms in total. The first-order valence-electron chi connectivity index (χ1n) is 4.44. The van der Waals surface area contributed by atoms with E-state index >= 15 is 0 Å². The summed E-state index contributed by atoms with van der Waals surface area (Å²) < 4.78 is 40.7. The molecule has 0 radical (unpaired) electrons. The van der Waals surface area contributed by atoms with E-state index in [1.165, 1.54) is 19.1 Å². The number of ketones is 1. The van der Waals surface area contributed by atoms with Gasteiger partial charge in [0.1, 0.15) is 5.75 Å². The Morgan fingerprint density at radius 2 is 2.00 bits per heavy atom. The molecule has 17 heavy (non-hydrogen) atoms. The van der Waals surface area contributed by atoms with Gasteiger partial charge in [0, 0.05) is 4.47 Å². The number of benzene rings is 1. The van der Waals surface area contributed by atoms with Gasteiger partial charge in [0.15, 0.2) is 5.78 Å². The van der Waals surface area contributed by atoms with Crippen LogP contribution in [0.15, 0.2) is 22.7 Å². The summed E-state index contributed by atoms with van der Waals surface area (Å²) in [7, 11) is 0. The minimum absolute atomic E-state index is 0.116. The predicted molar refractivity (Wildman–Crippen MR) is 63.5 cm³/mol. The van der Waals surface area contributed by atoms with E-state index in [4.69, 9.17) is 0 Å². The second kappa shape index (κ2) is 5.39. The van der Waals surface area contributed by atoms with E-state index in [1.807, 2.05) is 0 Å². The summed E-state index contributed by atoms with van der Waals surface area (Å²) >= 11 is 6.03. The van der Waals surface area contributed by atoms with Gasteiger partial charge in [0.05, 0.1) is 10.4 Å². The highest BCUT2D eigenvalue weighted by atomic mass is 79.9. The molecule has 1 rings (SSSR count). The maximum Gasteiger partial charge on any atom is 0.573 e. The number of rotatable bonds is 3. The Balaban J connectivity index is 3.17. The Morgan fingerprint density at radius 3 is 2.47 bits per heavy atom. The van der Waals surface area contributed by atoms with E-state index in [2.05, 4.69) is 36.6 Å². The van der Waals surface area contributed by atoms with Gasteiger partial charge in [-0.05, 0) is 25.1 Å². The fourth-order valence-electron chi connectivity index (χ4n) is 1.12. The fraction of sp³-hybridized carbons (Fsp3) is 0.300. The highest BCUT2D eigenvalue weighted by Crippen LogP contribution is 2.30. The minimum Gasteiger partial charge on any atom is -0.405 e. The van der Waals surface area contributed by atoms with Gasteiger partial charge < -0.3 is 4.74 Å². The molecular formula is C10H7Br2F3O2. The number of hydrogen-bond donors (Lipinski definition) is 0. The molecular weight excluding hydrogens is 369 g/mol. The number of Topliss-reactive ketones (excluding diaryl/α,β-unsaturated/α-hetero) is 1. The molecule has 94 valence electrons. The molecule has 0 saturated heterocycles. The summed E-state index contributed by atoms with van der Waals surface area (Å²) in [5.74, 6) is -0.986. The van der Waals surface area contributed by atoms with Gasteiger partial charge in [0.2, 0.25) is 0 Å². The standard InChI is InChI=1S/C10H7Br2F3O2/c1-5(11)9(16)7-3-2-6(12)4-8(7)17-10(13,14)15/h2-5H,1H3. The maximum atomic E-state index is 12.2. The number of halogens is 5. The number of alkyl halides is 4. The molecule has 0 amide bonds. The van der Waals surface area contributed by atoms with Crippen LogP contribution >= 0.6 is 31.9 Å². The van der Waals surface area contributed by atoms with Crippen LogP contribution in [0.4, 0.5) is 13.2 Å². The molecule has 0 bridgehead atoms. The number of ether oxygens (including phenoxy) is 1. The van der Waals surface area contributed by atoms with Crippen molar-refractivity contribution in [1.29, 1.82) is 0 Å². The van der Waals surface area contributed by atoms with Crippen LogP contribution in [0.1, 0.15) is 17.3 Å². The predicted octanol–water partition coefficient (Wildman–Crippen LogP) is 4.31. The minimum atomic E-state index is -4.83. The normalized spacial score (nSPS) is 13.3. The van der Waals surface area contributed by atoms with Crippen LogP contribution in [-0.2, 0) is 0 Å². The molecule has 0 aliphatic heterocycles. The lowest BCUT2D eigenvalue weighted by Crippen LogP contribution is -2.20. The van der Waals surface area contributed by atoms with Crippen LogP contribution in [0.5, 0.6) is 5.75 Å². The van der Waals surface area contributed by atoms with E-state index in [0.717, 1.165) is 6.07 Å². The molecule has 1 aromatic carbocycles. The number of hydrogen-bond acceptors (Lipinski definition) is 2. The lowest BCUT2D eigenvalue weighted by Gasteiger charge is -2.13.